The van der Waals surface area contributed by atoms with Gasteiger partial charge in [0.2, 0.25) is 0 Å². The lowest BCUT2D eigenvalue weighted by atomic mass is 9.86. The van der Waals surface area contributed by atoms with Gasteiger partial charge >= 0.3 is 6.18 Å². The van der Waals surface area contributed by atoms with Gasteiger partial charge in [-0.25, -0.2) is 22.2 Å². The summed E-state index contributed by atoms with van der Waals surface area (Å²) in [6, 6.07) is 11.0. The first kappa shape index (κ1) is 41.1. The summed E-state index contributed by atoms with van der Waals surface area (Å²) in [5, 5.41) is 19.3. The van der Waals surface area contributed by atoms with E-state index in [9.17, 15) is 40.3 Å². The highest BCUT2D eigenvalue weighted by Gasteiger charge is 2.68. The number of rotatable bonds is 11. The van der Waals surface area contributed by atoms with Gasteiger partial charge in [-0.2, -0.15) is 32.1 Å². The second kappa shape index (κ2) is 14.3. The second-order valence-corrected chi connectivity index (χ2v) is 17.9. The zero-order valence-electron chi connectivity index (χ0n) is 31.9. The minimum absolute atomic E-state index is 0.0856. The molecule has 17 heteroatoms. The van der Waals surface area contributed by atoms with E-state index >= 15 is 8.78 Å². The van der Waals surface area contributed by atoms with Gasteiger partial charge < -0.3 is 5.11 Å². The summed E-state index contributed by atoms with van der Waals surface area (Å²) in [6.07, 6.45) is -4.93. The second-order valence-electron chi connectivity index (χ2n) is 15.8. The molecule has 1 fully saturated rings. The van der Waals surface area contributed by atoms with Crippen LogP contribution >= 0.6 is 0 Å². The maximum atomic E-state index is 15.4. The molecule has 1 N–H and O–H groups in total. The molecule has 1 unspecified atom stereocenters. The number of Topliss-reactive ketones (excluding diaryl/α,β-unsaturated/α-hetero) is 1. The van der Waals surface area contributed by atoms with Crippen LogP contribution in [0.15, 0.2) is 48.5 Å². The van der Waals surface area contributed by atoms with Crippen molar-refractivity contribution in [1.29, 1.82) is 0 Å². The van der Waals surface area contributed by atoms with Crippen LogP contribution < -0.4 is 0 Å². The van der Waals surface area contributed by atoms with E-state index in [-0.39, 0.29) is 47.2 Å². The fourth-order valence-corrected chi connectivity index (χ4v) is 8.49. The Labute approximate surface area is 329 Å². The molecule has 0 aliphatic heterocycles. The van der Waals surface area contributed by atoms with Crippen LogP contribution in [0.1, 0.15) is 85.0 Å². The van der Waals surface area contributed by atoms with E-state index in [2.05, 4.69) is 22.0 Å². The number of sulfone groups is 1. The number of carbonyl (C=O) groups is 1. The van der Waals surface area contributed by atoms with Crippen LogP contribution in [0.2, 0.25) is 0 Å². The van der Waals surface area contributed by atoms with E-state index < -0.39 is 92.6 Å². The van der Waals surface area contributed by atoms with Crippen molar-refractivity contribution < 1.29 is 49.1 Å². The fraction of sp³-hybridized carbons (Fsp3) is 0.415. The molecule has 0 saturated heterocycles. The number of pyridine rings is 1. The number of fused-ring (bicyclic) bond motifs is 4. The smallest absolute Gasteiger partial charge is 0.378 e. The molecule has 0 spiro atoms. The Kier molecular flexibility index (Phi) is 10.2. The Morgan fingerprint density at radius 1 is 1.05 bits per heavy atom. The van der Waals surface area contributed by atoms with Crippen molar-refractivity contribution in [2.75, 3.05) is 6.26 Å². The Morgan fingerprint density at radius 2 is 1.74 bits per heavy atom. The monoisotopic (exact) mass is 829 g/mol. The Balaban J connectivity index is 1.39. The van der Waals surface area contributed by atoms with Gasteiger partial charge in [0, 0.05) is 59.7 Å². The number of hydrogen-bond donors (Lipinski definition) is 1. The Hall–Kier alpha value is -5.08. The van der Waals surface area contributed by atoms with Crippen LogP contribution in [-0.2, 0) is 52.5 Å². The first-order valence-electron chi connectivity index (χ1n) is 18.4. The van der Waals surface area contributed by atoms with Gasteiger partial charge in [0.1, 0.15) is 35.2 Å². The van der Waals surface area contributed by atoms with Crippen LogP contribution in [0.3, 0.4) is 0 Å². The van der Waals surface area contributed by atoms with Crippen LogP contribution in [0.4, 0.5) is 30.7 Å². The largest absolute Gasteiger partial charge is 0.435 e. The van der Waals surface area contributed by atoms with Crippen LogP contribution in [0.5, 0.6) is 0 Å². The minimum Gasteiger partial charge on any atom is -0.378 e. The number of aliphatic hydroxyl groups is 1. The molecule has 3 heterocycles. The van der Waals surface area contributed by atoms with Crippen LogP contribution in [-0.4, -0.2) is 55.7 Å². The molecule has 3 aromatic heterocycles. The van der Waals surface area contributed by atoms with Crippen molar-refractivity contribution in [1.82, 2.24) is 24.5 Å². The Morgan fingerprint density at radius 3 is 2.38 bits per heavy atom. The molecule has 5 aromatic rings. The third kappa shape index (κ3) is 7.88. The van der Waals surface area contributed by atoms with Crippen LogP contribution in [0, 0.1) is 35.3 Å². The zero-order valence-corrected chi connectivity index (χ0v) is 32.7. The number of aryl methyl sites for hydroxylation is 1. The summed E-state index contributed by atoms with van der Waals surface area (Å²) in [6.45, 7) is 4.07. The van der Waals surface area contributed by atoms with Gasteiger partial charge in [-0.1, -0.05) is 38.0 Å². The van der Waals surface area contributed by atoms with Crippen molar-refractivity contribution in [3.05, 3.63) is 99.8 Å². The minimum atomic E-state index is -5.05. The normalized spacial score (nSPS) is 18.7. The highest BCUT2D eigenvalue weighted by atomic mass is 32.2. The van der Waals surface area contributed by atoms with Crippen molar-refractivity contribution in [3.63, 3.8) is 0 Å². The molecule has 306 valence electrons. The zero-order chi connectivity index (χ0) is 42.3. The summed E-state index contributed by atoms with van der Waals surface area (Å²) in [4.78, 5) is 18.9. The lowest BCUT2D eigenvalue weighted by Crippen LogP contribution is -2.28. The van der Waals surface area contributed by atoms with Crippen molar-refractivity contribution in [2.24, 2.45) is 18.9 Å². The van der Waals surface area contributed by atoms with E-state index in [0.717, 1.165) is 18.4 Å². The summed E-state index contributed by atoms with van der Waals surface area (Å²) >= 11 is 0. The maximum absolute atomic E-state index is 15.4. The van der Waals surface area contributed by atoms with E-state index in [0.29, 0.717) is 32.8 Å². The predicted octanol–water partition coefficient (Wildman–Crippen LogP) is 7.63. The highest BCUT2D eigenvalue weighted by molar-refractivity contribution is 7.89. The van der Waals surface area contributed by atoms with Gasteiger partial charge in [0.25, 0.3) is 5.92 Å². The van der Waals surface area contributed by atoms with E-state index in [1.165, 1.54) is 11.6 Å². The summed E-state index contributed by atoms with van der Waals surface area (Å²) in [5.41, 5.74) is -2.55. The molecular weight excluding hydrogens is 792 g/mol. The number of ketones is 1. The quantitative estimate of drug-likeness (QED) is 0.108. The number of benzene rings is 2. The predicted molar refractivity (Wildman–Crippen MR) is 199 cm³/mol. The lowest BCUT2D eigenvalue weighted by molar-refractivity contribution is -0.142. The Bertz CT molecular complexity index is 2640. The molecule has 58 heavy (non-hydrogen) atoms. The first-order valence-corrected chi connectivity index (χ1v) is 20.4. The van der Waals surface area contributed by atoms with Gasteiger partial charge in [-0.05, 0) is 67.4 Å². The SMILES string of the molecule is CC(C)C(C)(O)C#Cc1ccc(-c2cccc3c(CS(C)(=O)=O)nn(C)c23)c([C@@H](CC(=O)Cn2nc(C(F)(F)F)c3c2C(F)(F)[C@@H]2C[C@H]32)Cc2cc(F)cc(F)c2)n1. The number of halogens is 7. The average Bonchev–Trinajstić information content (AvgIpc) is 3.65. The molecular formula is C41H38F7N5O4S. The number of carbonyl (C=O) groups excluding carboxylic acids is 1. The molecule has 0 bridgehead atoms. The molecule has 2 aliphatic carbocycles. The van der Waals surface area contributed by atoms with Crippen molar-refractivity contribution in [2.45, 2.75) is 81.9 Å². The van der Waals surface area contributed by atoms with E-state index in [1.807, 2.05) is 0 Å². The maximum Gasteiger partial charge on any atom is 0.435 e. The number of alkyl halides is 5. The molecule has 2 aromatic carbocycles. The fourth-order valence-electron chi connectivity index (χ4n) is 7.78. The lowest BCUT2D eigenvalue weighted by Gasteiger charge is -2.22. The van der Waals surface area contributed by atoms with Gasteiger partial charge in [0.15, 0.2) is 21.3 Å². The molecule has 0 radical (unpaired) electrons. The molecule has 7 rings (SSSR count). The van der Waals surface area contributed by atoms with Gasteiger partial charge in [-0.3, -0.25) is 14.2 Å². The summed E-state index contributed by atoms with van der Waals surface area (Å²) < 4.78 is 129. The summed E-state index contributed by atoms with van der Waals surface area (Å²) in [7, 11) is -1.92. The number of hydrogen-bond acceptors (Lipinski definition) is 7. The number of aromatic nitrogens is 5. The molecule has 9 nitrogen and oxygen atoms in total. The van der Waals surface area contributed by atoms with Crippen LogP contribution in [0.25, 0.3) is 22.0 Å². The van der Waals surface area contributed by atoms with Crippen molar-refractivity contribution >= 4 is 26.5 Å². The van der Waals surface area contributed by atoms with E-state index in [4.69, 9.17) is 4.98 Å². The molecule has 1 saturated carbocycles. The third-order valence-electron chi connectivity index (χ3n) is 10.9. The van der Waals surface area contributed by atoms with Crippen molar-refractivity contribution in [3.8, 4) is 23.0 Å². The molecule has 0 amide bonds. The molecule has 4 atom stereocenters. The number of nitrogens with zero attached hydrogens (tertiary/aromatic N) is 5. The van der Waals surface area contributed by atoms with E-state index in [1.54, 1.807) is 51.2 Å². The first-order chi connectivity index (χ1) is 26.9. The topological polar surface area (TPSA) is 120 Å². The number of para-hydroxylation sites is 1. The van der Waals surface area contributed by atoms with Gasteiger partial charge in [0.05, 0.1) is 22.7 Å². The summed E-state index contributed by atoms with van der Waals surface area (Å²) in [5.74, 6) is -4.79. The standard InChI is InChI=1S/C41H38F7N5O4S/c1-21(2)39(3,55)12-11-26-9-10-28(29-7-6-8-30-33(20-58(5,56)57)50-52(4)36(29)30)35(49-26)23(13-22-14-24(42)17-25(43)15-22)16-27(54)19-53-38-34(37(51-53)41(46,47)48)31-18-32(31)40(38,44)45/h6-10,14-15,17,21,23,31-32,55H,13,16,18-20H2,1-5H3/t23-,31+,32-,39?/m1/s1. The third-order valence-corrected chi connectivity index (χ3v) is 11.7. The average molecular weight is 830 g/mol. The van der Waals surface area contributed by atoms with Gasteiger partial charge in [-0.15, -0.1) is 0 Å². The highest BCUT2D eigenvalue weighted by Crippen LogP contribution is 2.68. The molecule has 2 aliphatic rings.